The summed E-state index contributed by atoms with van der Waals surface area (Å²) in [5.74, 6) is -1.81. The molecular formula is C23H19F2N7. The number of hydrogen-bond donors (Lipinski definition) is 2. The van der Waals surface area contributed by atoms with Crippen LogP contribution in [0.15, 0.2) is 61.2 Å². The van der Waals surface area contributed by atoms with E-state index < -0.39 is 11.6 Å². The Bertz CT molecular complexity index is 1410. The van der Waals surface area contributed by atoms with Gasteiger partial charge in [-0.15, -0.1) is 0 Å². The van der Waals surface area contributed by atoms with Gasteiger partial charge in [0.25, 0.3) is 0 Å². The maximum atomic E-state index is 13.7. The van der Waals surface area contributed by atoms with Crippen molar-refractivity contribution in [2.75, 3.05) is 13.6 Å². The fraction of sp³-hybridized carbons (Fsp3) is 0.130. The molecule has 160 valence electrons. The van der Waals surface area contributed by atoms with Gasteiger partial charge in [-0.05, 0) is 43.4 Å². The summed E-state index contributed by atoms with van der Waals surface area (Å²) in [7, 11) is 1.90. The predicted octanol–water partition coefficient (Wildman–Crippen LogP) is 4.05. The number of likely N-dealkylation sites (N-methyl/N-ethyl adjacent to an activating group) is 1. The van der Waals surface area contributed by atoms with Gasteiger partial charge in [0.2, 0.25) is 0 Å². The number of nitrogens with one attached hydrogen (secondary N) is 2. The summed E-state index contributed by atoms with van der Waals surface area (Å²) in [5, 5.41) is 14.4. The maximum absolute atomic E-state index is 13.7. The van der Waals surface area contributed by atoms with E-state index in [1.165, 1.54) is 6.07 Å². The minimum atomic E-state index is -0.918. The molecule has 9 heteroatoms. The molecule has 0 bridgehead atoms. The molecule has 0 aliphatic heterocycles. The predicted molar refractivity (Wildman–Crippen MR) is 118 cm³/mol. The third kappa shape index (κ3) is 3.74. The lowest BCUT2D eigenvalue weighted by Crippen LogP contribution is -2.14. The zero-order valence-corrected chi connectivity index (χ0v) is 17.2. The second-order valence-electron chi connectivity index (χ2n) is 7.34. The Hall–Kier alpha value is -3.98. The molecule has 0 fully saturated rings. The van der Waals surface area contributed by atoms with E-state index in [0.29, 0.717) is 28.0 Å². The van der Waals surface area contributed by atoms with Crippen molar-refractivity contribution in [1.82, 2.24) is 35.3 Å². The van der Waals surface area contributed by atoms with E-state index in [2.05, 4.69) is 25.6 Å². The number of hydrogen-bond acceptors (Lipinski definition) is 5. The molecule has 0 amide bonds. The van der Waals surface area contributed by atoms with Crippen molar-refractivity contribution >= 4 is 11.0 Å². The lowest BCUT2D eigenvalue weighted by atomic mass is 10.0. The SMILES string of the molecule is CNCCn1cc(-c2cnc3ccc(-c4cn[nH]c4-c4ccc(F)c(F)c4)nc3c2)cn1. The van der Waals surface area contributed by atoms with Crippen LogP contribution in [0.25, 0.3) is 44.7 Å². The summed E-state index contributed by atoms with van der Waals surface area (Å²) in [6, 6.07) is 9.40. The number of rotatable bonds is 6. The van der Waals surface area contributed by atoms with Crippen LogP contribution in [-0.2, 0) is 6.54 Å². The van der Waals surface area contributed by atoms with Gasteiger partial charge in [0.15, 0.2) is 11.6 Å². The van der Waals surface area contributed by atoms with E-state index >= 15 is 0 Å². The molecule has 0 unspecified atom stereocenters. The summed E-state index contributed by atoms with van der Waals surface area (Å²) in [5.41, 5.74) is 5.69. The Morgan fingerprint density at radius 3 is 2.69 bits per heavy atom. The zero-order chi connectivity index (χ0) is 22.1. The molecule has 5 rings (SSSR count). The van der Waals surface area contributed by atoms with Gasteiger partial charge in [-0.1, -0.05) is 0 Å². The molecule has 0 spiro atoms. The Kier molecular flexibility index (Phi) is 5.16. The number of aromatic nitrogens is 6. The van der Waals surface area contributed by atoms with Crippen LogP contribution in [0.3, 0.4) is 0 Å². The van der Waals surface area contributed by atoms with Crippen LogP contribution in [0.1, 0.15) is 0 Å². The smallest absolute Gasteiger partial charge is 0.159 e. The lowest BCUT2D eigenvalue weighted by molar-refractivity contribution is 0.509. The van der Waals surface area contributed by atoms with Crippen molar-refractivity contribution in [2.24, 2.45) is 0 Å². The van der Waals surface area contributed by atoms with Gasteiger partial charge in [0.1, 0.15) is 0 Å². The second-order valence-corrected chi connectivity index (χ2v) is 7.34. The molecule has 0 aliphatic rings. The molecule has 7 nitrogen and oxygen atoms in total. The molecule has 2 N–H and O–H groups in total. The second kappa shape index (κ2) is 8.27. The van der Waals surface area contributed by atoms with E-state index in [-0.39, 0.29) is 0 Å². The molecule has 32 heavy (non-hydrogen) atoms. The first-order chi connectivity index (χ1) is 15.6. The molecule has 4 aromatic heterocycles. The van der Waals surface area contributed by atoms with Crippen molar-refractivity contribution in [2.45, 2.75) is 6.54 Å². The van der Waals surface area contributed by atoms with Crippen LogP contribution < -0.4 is 5.32 Å². The topological polar surface area (TPSA) is 84.3 Å². The van der Waals surface area contributed by atoms with E-state index in [0.717, 1.165) is 41.9 Å². The fourth-order valence-corrected chi connectivity index (χ4v) is 3.53. The largest absolute Gasteiger partial charge is 0.318 e. The summed E-state index contributed by atoms with van der Waals surface area (Å²) in [6.45, 7) is 1.60. The molecule has 4 heterocycles. The molecule has 0 radical (unpaired) electrons. The van der Waals surface area contributed by atoms with Crippen molar-refractivity contribution in [1.29, 1.82) is 0 Å². The molecule has 0 aliphatic carbocycles. The number of halogens is 2. The highest BCUT2D eigenvalue weighted by Crippen LogP contribution is 2.31. The molecule has 1 aromatic carbocycles. The van der Waals surface area contributed by atoms with Crippen LogP contribution in [0.5, 0.6) is 0 Å². The highest BCUT2D eigenvalue weighted by Gasteiger charge is 2.14. The minimum Gasteiger partial charge on any atom is -0.318 e. The monoisotopic (exact) mass is 431 g/mol. The van der Waals surface area contributed by atoms with Crippen molar-refractivity contribution in [3.05, 3.63) is 72.8 Å². The standard InChI is InChI=1S/C23H19F2N7/c1-26-6-7-32-13-16(11-29-32)15-9-22-21(27-10-15)5-4-20(30-22)17-12-28-31-23(17)14-2-3-18(24)19(25)8-14/h2-5,8-13,26H,6-7H2,1H3,(H,28,31). The van der Waals surface area contributed by atoms with E-state index in [9.17, 15) is 8.78 Å². The summed E-state index contributed by atoms with van der Waals surface area (Å²) in [6.07, 6.45) is 7.20. The number of H-pyrrole nitrogens is 1. The van der Waals surface area contributed by atoms with Gasteiger partial charge in [-0.3, -0.25) is 14.8 Å². The normalized spacial score (nSPS) is 11.3. The molecular weight excluding hydrogens is 412 g/mol. The molecule has 0 saturated heterocycles. The Labute approximate surface area is 182 Å². The third-order valence-corrected chi connectivity index (χ3v) is 5.22. The molecule has 5 aromatic rings. The van der Waals surface area contributed by atoms with Crippen LogP contribution in [0.4, 0.5) is 8.78 Å². The van der Waals surface area contributed by atoms with Crippen molar-refractivity contribution in [3.63, 3.8) is 0 Å². The number of fused-ring (bicyclic) bond motifs is 1. The lowest BCUT2D eigenvalue weighted by Gasteiger charge is -2.06. The quantitative estimate of drug-likeness (QED) is 0.424. The maximum Gasteiger partial charge on any atom is 0.159 e. The number of nitrogens with zero attached hydrogens (tertiary/aromatic N) is 5. The summed E-state index contributed by atoms with van der Waals surface area (Å²) in [4.78, 5) is 9.29. The average Bonchev–Trinajstić information content (AvgIpc) is 3.49. The van der Waals surface area contributed by atoms with Gasteiger partial charge < -0.3 is 5.32 Å². The van der Waals surface area contributed by atoms with Crippen LogP contribution in [-0.4, -0.2) is 43.5 Å². The fourth-order valence-electron chi connectivity index (χ4n) is 3.53. The number of aromatic amines is 1. The molecule has 0 atom stereocenters. The highest BCUT2D eigenvalue weighted by atomic mass is 19.2. The van der Waals surface area contributed by atoms with Crippen LogP contribution in [0.2, 0.25) is 0 Å². The first-order valence-electron chi connectivity index (χ1n) is 10.1. The minimum absolute atomic E-state index is 0.485. The van der Waals surface area contributed by atoms with Crippen LogP contribution in [0, 0.1) is 11.6 Å². The van der Waals surface area contributed by atoms with E-state index in [1.807, 2.05) is 36.1 Å². The van der Waals surface area contributed by atoms with Crippen molar-refractivity contribution in [3.8, 4) is 33.6 Å². The van der Waals surface area contributed by atoms with Gasteiger partial charge in [0.05, 0.1) is 41.4 Å². The Balaban J connectivity index is 1.52. The number of benzene rings is 1. The Morgan fingerprint density at radius 1 is 0.938 bits per heavy atom. The number of pyridine rings is 2. The molecule has 0 saturated carbocycles. The zero-order valence-electron chi connectivity index (χ0n) is 17.2. The van der Waals surface area contributed by atoms with Gasteiger partial charge in [-0.25, -0.2) is 13.8 Å². The van der Waals surface area contributed by atoms with E-state index in [1.54, 1.807) is 18.6 Å². The summed E-state index contributed by atoms with van der Waals surface area (Å²) < 4.78 is 29.0. The highest BCUT2D eigenvalue weighted by molar-refractivity contribution is 5.85. The van der Waals surface area contributed by atoms with Gasteiger partial charge in [-0.2, -0.15) is 10.2 Å². The third-order valence-electron chi connectivity index (χ3n) is 5.22. The van der Waals surface area contributed by atoms with E-state index in [4.69, 9.17) is 4.98 Å². The summed E-state index contributed by atoms with van der Waals surface area (Å²) >= 11 is 0. The average molecular weight is 431 g/mol. The van der Waals surface area contributed by atoms with Crippen LogP contribution >= 0.6 is 0 Å². The van der Waals surface area contributed by atoms with Crippen molar-refractivity contribution < 1.29 is 8.78 Å². The Morgan fingerprint density at radius 2 is 1.84 bits per heavy atom. The first kappa shape index (κ1) is 20.0. The first-order valence-corrected chi connectivity index (χ1v) is 10.1. The van der Waals surface area contributed by atoms with Gasteiger partial charge in [0, 0.05) is 41.2 Å². The van der Waals surface area contributed by atoms with Gasteiger partial charge >= 0.3 is 0 Å².